The minimum absolute atomic E-state index is 1.23. The maximum atomic E-state index is 2.41. The maximum absolute atomic E-state index is 2.41. The second-order valence-corrected chi connectivity index (χ2v) is 10.5. The molecule has 0 bridgehead atoms. The van der Waals surface area contributed by atoms with Crippen molar-refractivity contribution in [3.63, 3.8) is 0 Å². The average Bonchev–Trinajstić information content (AvgIpc) is 3.04. The van der Waals surface area contributed by atoms with Crippen LogP contribution in [0.4, 0.5) is 0 Å². The standard InChI is InChI=1S/C40H26/c1-5-14-27(15-6-1)34-26-32-23-13-22-31-24-25-33-36(28-16-7-2-8-17-28)37(29-18-9-3-10-19-29)38(30-20-11-4-12-21-30)40(34)39(33)35(31)32/h1-26H. The van der Waals surface area contributed by atoms with Crippen molar-refractivity contribution in [2.45, 2.75) is 0 Å². The zero-order valence-electron chi connectivity index (χ0n) is 22.0. The fourth-order valence-electron chi connectivity index (χ4n) is 6.54. The predicted molar refractivity (Wildman–Crippen MR) is 172 cm³/mol. The van der Waals surface area contributed by atoms with Gasteiger partial charge in [0.1, 0.15) is 0 Å². The van der Waals surface area contributed by atoms with Crippen molar-refractivity contribution < 1.29 is 0 Å². The molecule has 0 heterocycles. The molecule has 0 radical (unpaired) electrons. The highest BCUT2D eigenvalue weighted by molar-refractivity contribution is 6.34. The summed E-state index contributed by atoms with van der Waals surface area (Å²) < 4.78 is 0. The molecule has 186 valence electrons. The van der Waals surface area contributed by atoms with Gasteiger partial charge >= 0.3 is 0 Å². The molecule has 0 heteroatoms. The third kappa shape index (κ3) is 3.47. The normalized spacial score (nSPS) is 11.5. The number of rotatable bonds is 4. The molecule has 0 aromatic heterocycles. The van der Waals surface area contributed by atoms with Gasteiger partial charge in [-0.1, -0.05) is 152 Å². The topological polar surface area (TPSA) is 0 Å². The Morgan fingerprint density at radius 3 is 1.38 bits per heavy atom. The Kier molecular flexibility index (Phi) is 5.24. The zero-order valence-corrected chi connectivity index (χ0v) is 22.0. The summed E-state index contributed by atoms with van der Waals surface area (Å²) in [5.41, 5.74) is 10.1. The molecule has 8 rings (SSSR count). The van der Waals surface area contributed by atoms with E-state index in [-0.39, 0.29) is 0 Å². The van der Waals surface area contributed by atoms with Gasteiger partial charge in [-0.3, -0.25) is 0 Å². The zero-order chi connectivity index (χ0) is 26.5. The van der Waals surface area contributed by atoms with Crippen molar-refractivity contribution in [1.29, 1.82) is 0 Å². The minimum atomic E-state index is 1.23. The molecular weight excluding hydrogens is 480 g/mol. The third-order valence-electron chi connectivity index (χ3n) is 8.19. The van der Waals surface area contributed by atoms with Gasteiger partial charge < -0.3 is 0 Å². The SMILES string of the molecule is c1ccc(-c2c(-c3ccccc3)c3ccc4cccc5cc(-c6ccccc6)c(c2-c2ccccc2)c3c45)cc1. The molecule has 0 fully saturated rings. The summed E-state index contributed by atoms with van der Waals surface area (Å²) in [5, 5.41) is 7.84. The van der Waals surface area contributed by atoms with Crippen LogP contribution in [0, 0.1) is 0 Å². The lowest BCUT2D eigenvalue weighted by Gasteiger charge is -2.25. The van der Waals surface area contributed by atoms with Crippen LogP contribution in [0.3, 0.4) is 0 Å². The Labute approximate surface area is 234 Å². The van der Waals surface area contributed by atoms with Crippen molar-refractivity contribution in [3.05, 3.63) is 158 Å². The molecule has 0 amide bonds. The highest BCUT2D eigenvalue weighted by Gasteiger charge is 2.25. The average molecular weight is 507 g/mol. The van der Waals surface area contributed by atoms with Gasteiger partial charge in [0, 0.05) is 0 Å². The number of hydrogen-bond acceptors (Lipinski definition) is 0. The molecule has 8 aromatic rings. The molecule has 0 aliphatic rings. The molecule has 0 aliphatic carbocycles. The van der Waals surface area contributed by atoms with Crippen LogP contribution in [-0.2, 0) is 0 Å². The van der Waals surface area contributed by atoms with Gasteiger partial charge in [-0.25, -0.2) is 0 Å². The van der Waals surface area contributed by atoms with Crippen LogP contribution in [0.1, 0.15) is 0 Å². The van der Waals surface area contributed by atoms with E-state index < -0.39 is 0 Å². The molecule has 0 N–H and O–H groups in total. The molecule has 0 atom stereocenters. The Balaban J connectivity index is 1.72. The second-order valence-electron chi connectivity index (χ2n) is 10.5. The second kappa shape index (κ2) is 9.22. The van der Waals surface area contributed by atoms with Crippen molar-refractivity contribution >= 4 is 32.3 Å². The molecule has 0 saturated carbocycles. The van der Waals surface area contributed by atoms with E-state index in [1.165, 1.54) is 76.8 Å². The van der Waals surface area contributed by atoms with Crippen LogP contribution < -0.4 is 0 Å². The van der Waals surface area contributed by atoms with Crippen LogP contribution in [-0.4, -0.2) is 0 Å². The summed E-state index contributed by atoms with van der Waals surface area (Å²) in [7, 11) is 0. The van der Waals surface area contributed by atoms with Crippen molar-refractivity contribution in [2.24, 2.45) is 0 Å². The van der Waals surface area contributed by atoms with E-state index in [9.17, 15) is 0 Å². The maximum Gasteiger partial charge on any atom is -0.000742 e. The van der Waals surface area contributed by atoms with E-state index in [2.05, 4.69) is 158 Å². The Morgan fingerprint density at radius 1 is 0.275 bits per heavy atom. The van der Waals surface area contributed by atoms with E-state index in [0.717, 1.165) is 0 Å². The summed E-state index contributed by atoms with van der Waals surface area (Å²) in [6.45, 7) is 0. The fourth-order valence-corrected chi connectivity index (χ4v) is 6.54. The van der Waals surface area contributed by atoms with Gasteiger partial charge in [-0.15, -0.1) is 0 Å². The molecule has 0 unspecified atom stereocenters. The van der Waals surface area contributed by atoms with E-state index in [0.29, 0.717) is 0 Å². The summed E-state index contributed by atoms with van der Waals surface area (Å²) in [4.78, 5) is 0. The van der Waals surface area contributed by atoms with Crippen LogP contribution >= 0.6 is 0 Å². The first-order chi connectivity index (χ1) is 19.9. The van der Waals surface area contributed by atoms with Gasteiger partial charge in [0.15, 0.2) is 0 Å². The van der Waals surface area contributed by atoms with Gasteiger partial charge in [-0.05, 0) is 82.9 Å². The van der Waals surface area contributed by atoms with Gasteiger partial charge in [0.2, 0.25) is 0 Å². The van der Waals surface area contributed by atoms with E-state index in [4.69, 9.17) is 0 Å². The van der Waals surface area contributed by atoms with Crippen LogP contribution in [0.15, 0.2) is 158 Å². The third-order valence-corrected chi connectivity index (χ3v) is 8.19. The number of benzene rings is 8. The van der Waals surface area contributed by atoms with Gasteiger partial charge in [0.25, 0.3) is 0 Å². The Morgan fingerprint density at radius 2 is 0.775 bits per heavy atom. The highest BCUT2D eigenvalue weighted by atomic mass is 14.3. The van der Waals surface area contributed by atoms with Crippen molar-refractivity contribution in [3.8, 4) is 44.5 Å². The largest absolute Gasteiger partial charge is 0.0622 e. The van der Waals surface area contributed by atoms with Crippen LogP contribution in [0.5, 0.6) is 0 Å². The van der Waals surface area contributed by atoms with Crippen LogP contribution in [0.25, 0.3) is 76.8 Å². The van der Waals surface area contributed by atoms with E-state index in [1.807, 2.05) is 0 Å². The summed E-state index contributed by atoms with van der Waals surface area (Å²) in [6, 6.07) is 57.4. The lowest BCUT2D eigenvalue weighted by molar-refractivity contribution is 1.59. The van der Waals surface area contributed by atoms with E-state index in [1.54, 1.807) is 0 Å². The monoisotopic (exact) mass is 506 g/mol. The summed E-state index contributed by atoms with van der Waals surface area (Å²) >= 11 is 0. The first kappa shape index (κ1) is 22.8. The highest BCUT2D eigenvalue weighted by Crippen LogP contribution is 2.53. The van der Waals surface area contributed by atoms with E-state index >= 15 is 0 Å². The van der Waals surface area contributed by atoms with Gasteiger partial charge in [0.05, 0.1) is 0 Å². The molecule has 0 nitrogen and oxygen atoms in total. The first-order valence-corrected chi connectivity index (χ1v) is 13.9. The lowest BCUT2D eigenvalue weighted by Crippen LogP contribution is -1.98. The molecule has 8 aromatic carbocycles. The predicted octanol–water partition coefficient (Wildman–Crippen LogP) is 11.3. The molecule has 0 spiro atoms. The summed E-state index contributed by atoms with van der Waals surface area (Å²) in [6.07, 6.45) is 0. The molecular formula is C40H26. The quantitative estimate of drug-likeness (QED) is 0.208. The van der Waals surface area contributed by atoms with Crippen LogP contribution in [0.2, 0.25) is 0 Å². The molecule has 0 saturated heterocycles. The summed E-state index contributed by atoms with van der Waals surface area (Å²) in [5.74, 6) is 0. The number of hydrogen-bond donors (Lipinski definition) is 0. The Bertz CT molecular complexity index is 2110. The van der Waals surface area contributed by atoms with Gasteiger partial charge in [-0.2, -0.15) is 0 Å². The first-order valence-electron chi connectivity index (χ1n) is 13.9. The minimum Gasteiger partial charge on any atom is -0.0622 e. The smallest absolute Gasteiger partial charge is 0.000742 e. The fraction of sp³-hybridized carbons (Fsp3) is 0. The van der Waals surface area contributed by atoms with Crippen molar-refractivity contribution in [2.75, 3.05) is 0 Å². The van der Waals surface area contributed by atoms with Crippen molar-refractivity contribution in [1.82, 2.24) is 0 Å². The molecule has 0 aliphatic heterocycles. The Hall–Kier alpha value is -5.20. The lowest BCUT2D eigenvalue weighted by atomic mass is 9.77. The molecule has 40 heavy (non-hydrogen) atoms.